The summed E-state index contributed by atoms with van der Waals surface area (Å²) < 4.78 is 25.2. The Balaban J connectivity index is 1.45. The zero-order valence-corrected chi connectivity index (χ0v) is 22.3. The van der Waals surface area contributed by atoms with E-state index in [1.165, 1.54) is 11.6 Å². The number of methoxy groups -OCH3 is 2. The van der Waals surface area contributed by atoms with E-state index in [9.17, 15) is 14.0 Å². The van der Waals surface area contributed by atoms with Gasteiger partial charge in [-0.05, 0) is 67.7 Å². The van der Waals surface area contributed by atoms with Gasteiger partial charge in [0.2, 0.25) is 0 Å². The lowest BCUT2D eigenvalue weighted by molar-refractivity contribution is 0.0574. The van der Waals surface area contributed by atoms with Gasteiger partial charge in [0.05, 0.1) is 31.1 Å². The number of rotatable bonds is 4. The van der Waals surface area contributed by atoms with Gasteiger partial charge in [0.25, 0.3) is 5.91 Å². The van der Waals surface area contributed by atoms with Gasteiger partial charge >= 0.3 is 6.03 Å². The number of carbonyl (C=O) groups is 2. The van der Waals surface area contributed by atoms with Gasteiger partial charge in [0.15, 0.2) is 0 Å². The summed E-state index contributed by atoms with van der Waals surface area (Å²) in [6.45, 7) is 7.99. The molecule has 3 heterocycles. The molecule has 1 aliphatic carbocycles. The first-order valence-corrected chi connectivity index (χ1v) is 13.1. The Labute approximate surface area is 218 Å². The van der Waals surface area contributed by atoms with Gasteiger partial charge in [0, 0.05) is 50.3 Å². The number of hydrogen-bond donors (Lipinski definition) is 0. The molecule has 2 atom stereocenters. The minimum atomic E-state index is -0.458. The number of fused-ring (bicyclic) bond motifs is 2. The summed E-state index contributed by atoms with van der Waals surface area (Å²) in [6.07, 6.45) is 6.22. The van der Waals surface area contributed by atoms with E-state index in [2.05, 4.69) is 19.1 Å². The van der Waals surface area contributed by atoms with E-state index in [1.54, 1.807) is 33.3 Å². The molecule has 7 nitrogen and oxygen atoms in total. The first-order chi connectivity index (χ1) is 17.7. The first-order valence-electron chi connectivity index (χ1n) is 13.1. The number of nitrogens with zero attached hydrogens (tertiary/aromatic N) is 3. The predicted octanol–water partition coefficient (Wildman–Crippen LogP) is 4.65. The van der Waals surface area contributed by atoms with Gasteiger partial charge in [0.1, 0.15) is 5.82 Å². The van der Waals surface area contributed by atoms with Crippen LogP contribution >= 0.6 is 0 Å². The van der Waals surface area contributed by atoms with Crippen molar-refractivity contribution in [3.05, 3.63) is 69.9 Å². The van der Waals surface area contributed by atoms with E-state index in [0.717, 1.165) is 17.0 Å². The smallest absolute Gasteiger partial charge is 0.325 e. The third-order valence-corrected chi connectivity index (χ3v) is 8.56. The fraction of sp³-hybridized carbons (Fsp3) is 0.517. The highest BCUT2D eigenvalue weighted by atomic mass is 19.1. The number of ether oxygens (including phenoxy) is 2. The van der Waals surface area contributed by atoms with Crippen LogP contribution in [0.15, 0.2) is 53.0 Å². The van der Waals surface area contributed by atoms with Gasteiger partial charge in [-0.3, -0.25) is 9.69 Å². The third-order valence-electron chi connectivity index (χ3n) is 8.56. The molecule has 198 valence electrons. The fourth-order valence-corrected chi connectivity index (χ4v) is 6.63. The Morgan fingerprint density at radius 1 is 1.22 bits per heavy atom. The number of amides is 3. The van der Waals surface area contributed by atoms with Crippen molar-refractivity contribution in [1.82, 2.24) is 14.7 Å². The van der Waals surface area contributed by atoms with Gasteiger partial charge in [-0.25, -0.2) is 9.18 Å². The Hall–Kier alpha value is -3.13. The molecule has 8 heteroatoms. The Bertz CT molecular complexity index is 1210. The zero-order valence-electron chi connectivity index (χ0n) is 22.3. The molecule has 1 aromatic carbocycles. The molecule has 2 unspecified atom stereocenters. The van der Waals surface area contributed by atoms with Gasteiger partial charge in [-0.15, -0.1) is 0 Å². The summed E-state index contributed by atoms with van der Waals surface area (Å²) in [5, 5.41) is 0. The molecule has 1 aromatic rings. The maximum Gasteiger partial charge on any atom is 0.325 e. The molecule has 0 radical (unpaired) electrons. The van der Waals surface area contributed by atoms with Crippen LogP contribution in [0.4, 0.5) is 9.18 Å². The molecule has 0 saturated carbocycles. The number of aryl methyl sites for hydroxylation is 1. The number of hydrogen-bond acceptors (Lipinski definition) is 4. The van der Waals surface area contributed by atoms with E-state index >= 15 is 0 Å². The monoisotopic (exact) mass is 509 g/mol. The van der Waals surface area contributed by atoms with Crippen molar-refractivity contribution in [3.8, 4) is 0 Å². The van der Waals surface area contributed by atoms with Crippen molar-refractivity contribution < 1.29 is 23.5 Å². The van der Waals surface area contributed by atoms with E-state index in [0.29, 0.717) is 56.6 Å². The van der Waals surface area contributed by atoms with Crippen LogP contribution in [0.25, 0.3) is 0 Å². The summed E-state index contributed by atoms with van der Waals surface area (Å²) in [5.74, 6) is 0.546. The number of allylic oxidation sites excluding steroid dienone is 1. The molecule has 0 bridgehead atoms. The molecular weight excluding hydrogens is 473 g/mol. The molecule has 2 fully saturated rings. The standard InChI is InChI=1S/C29H36FN3O4/c1-6-33-28(35)32-17-21-15-22(36-4)16-24(37-5)26(21)19(3)14-25(32)29(33)9-11-31(12-10-29)27(34)20-7-8-23(30)18(2)13-20/h7-8,13-15,19,24H,6,9-12,16-17H2,1-5H3. The average molecular weight is 510 g/mol. The van der Waals surface area contributed by atoms with E-state index < -0.39 is 5.54 Å². The number of likely N-dealkylation sites (N-methyl/N-ethyl adjacent to an activating group) is 1. The second kappa shape index (κ2) is 9.63. The van der Waals surface area contributed by atoms with Gasteiger partial charge in [-0.2, -0.15) is 0 Å². The second-order valence-corrected chi connectivity index (χ2v) is 10.5. The summed E-state index contributed by atoms with van der Waals surface area (Å²) in [4.78, 5) is 32.7. The number of benzene rings is 1. The molecule has 3 aliphatic heterocycles. The maximum atomic E-state index is 13.8. The van der Waals surface area contributed by atoms with Crippen LogP contribution in [0, 0.1) is 18.7 Å². The highest BCUT2D eigenvalue weighted by Gasteiger charge is 2.55. The van der Waals surface area contributed by atoms with Crippen LogP contribution < -0.4 is 0 Å². The van der Waals surface area contributed by atoms with Crippen molar-refractivity contribution in [2.75, 3.05) is 40.4 Å². The summed E-state index contributed by atoms with van der Waals surface area (Å²) in [5.41, 5.74) is 3.82. The highest BCUT2D eigenvalue weighted by Crippen LogP contribution is 2.47. The highest BCUT2D eigenvalue weighted by molar-refractivity contribution is 5.94. The SMILES string of the molecule is CCN1C(=O)N2CC3=C(C(C)C=C2C12CCN(C(=O)c1ccc(F)c(C)c1)CC2)C(OC)CC(OC)=C3. The normalized spacial score (nSPS) is 25.0. The van der Waals surface area contributed by atoms with Crippen molar-refractivity contribution >= 4 is 11.9 Å². The summed E-state index contributed by atoms with van der Waals surface area (Å²) >= 11 is 0. The van der Waals surface area contributed by atoms with Crippen LogP contribution in [0.3, 0.4) is 0 Å². The molecular formula is C29H36FN3O4. The second-order valence-electron chi connectivity index (χ2n) is 10.5. The van der Waals surface area contributed by atoms with E-state index in [1.807, 2.05) is 21.6 Å². The molecule has 37 heavy (non-hydrogen) atoms. The summed E-state index contributed by atoms with van der Waals surface area (Å²) in [6, 6.07) is 4.52. The molecule has 0 N–H and O–H groups in total. The third kappa shape index (κ3) is 4.06. The molecule has 1 spiro atoms. The Morgan fingerprint density at radius 3 is 2.57 bits per heavy atom. The van der Waals surface area contributed by atoms with E-state index in [4.69, 9.17) is 9.47 Å². The minimum Gasteiger partial charge on any atom is -0.501 e. The fourth-order valence-electron chi connectivity index (χ4n) is 6.63. The first kappa shape index (κ1) is 25.5. The molecule has 0 aromatic heterocycles. The van der Waals surface area contributed by atoms with Crippen LogP contribution in [-0.2, 0) is 9.47 Å². The van der Waals surface area contributed by atoms with Gasteiger partial charge in [-0.1, -0.05) is 13.0 Å². The number of carbonyl (C=O) groups excluding carboxylic acids is 2. The quantitative estimate of drug-likeness (QED) is 0.593. The average Bonchev–Trinajstić information content (AvgIpc) is 3.01. The maximum absolute atomic E-state index is 13.8. The lowest BCUT2D eigenvalue weighted by Gasteiger charge is -2.44. The minimum absolute atomic E-state index is 0.00976. The van der Waals surface area contributed by atoms with Gasteiger partial charge < -0.3 is 19.3 Å². The van der Waals surface area contributed by atoms with Crippen LogP contribution in [0.1, 0.15) is 49.0 Å². The van der Waals surface area contributed by atoms with Crippen molar-refractivity contribution in [2.45, 2.75) is 51.7 Å². The zero-order chi connectivity index (χ0) is 26.5. The topological polar surface area (TPSA) is 62.3 Å². The number of halogens is 1. The molecule has 2 saturated heterocycles. The Kier molecular flexibility index (Phi) is 6.64. The lowest BCUT2D eigenvalue weighted by Crippen LogP contribution is -2.54. The van der Waals surface area contributed by atoms with Crippen molar-refractivity contribution in [1.29, 1.82) is 0 Å². The van der Waals surface area contributed by atoms with Crippen LogP contribution in [0.2, 0.25) is 0 Å². The van der Waals surface area contributed by atoms with Crippen molar-refractivity contribution in [2.24, 2.45) is 5.92 Å². The Morgan fingerprint density at radius 2 is 1.95 bits per heavy atom. The molecule has 3 amide bonds. The van der Waals surface area contributed by atoms with Crippen molar-refractivity contribution in [3.63, 3.8) is 0 Å². The lowest BCUT2D eigenvalue weighted by atomic mass is 9.80. The van der Waals surface area contributed by atoms with Crippen LogP contribution in [0.5, 0.6) is 0 Å². The molecule has 4 aliphatic rings. The number of piperidine rings is 1. The number of likely N-dealkylation sites (tertiary alicyclic amines) is 1. The number of urea groups is 1. The van der Waals surface area contributed by atoms with Crippen LogP contribution in [-0.4, -0.2) is 78.7 Å². The molecule has 5 rings (SSSR count). The summed E-state index contributed by atoms with van der Waals surface area (Å²) in [7, 11) is 3.39. The predicted molar refractivity (Wildman–Crippen MR) is 138 cm³/mol. The largest absolute Gasteiger partial charge is 0.501 e. The van der Waals surface area contributed by atoms with E-state index in [-0.39, 0.29) is 29.8 Å².